The predicted octanol–water partition coefficient (Wildman–Crippen LogP) is 10.4. The topological polar surface area (TPSA) is 291 Å². The van der Waals surface area contributed by atoms with Crippen LogP contribution in [0.2, 0.25) is 0 Å². The zero-order chi connectivity index (χ0) is 67.5. The van der Waals surface area contributed by atoms with E-state index >= 15 is 0 Å². The Hall–Kier alpha value is -9.64. The second-order valence-electron chi connectivity index (χ2n) is 25.3. The molecule has 2 aliphatic carbocycles. The number of hydrogen-bond acceptors (Lipinski definition) is 15. The maximum absolute atomic E-state index is 14.5. The average molecular weight is 1330 g/mol. The standard InChI is InChI=1S/C41H47N5O8S.C32H35N3O6/c1-3-5-15-33-38(48)46-25-29(22-35(46)37(47)44-41(24-28(41)4-2)39(49)45-55(51,52)30-17-18-30)54-36-23-34(27-13-9-6-10-14-27)42-32-19-16-26(21-31(32)36)12-8-7-11-20-53-40(50)43-33;1-2-3-13-26-30(36)35-20-23(18-28(35)31(37)38)41-29-19-27(22-11-7-4-8-12-22)33-25-15-14-21(17-24(25)29)10-6-5-9-16-40-32(39)34-26/h4,6,8-10,12-14,16,19,21,23,28-30,33,35H,2-3,5,7,11,15,17-18,20,22,24-25H2,1H3,(H,43,50)(H,44,47)(H,45,49);4,6-8,10-12,14-15,17,19,23,26,28H,2-3,5,9,13,16,18,20H2,1H3,(H,34,39)(H,37,38)/b12-8+;10-6+/t28-,29-,33+,35+,41-;23-,26+,28+/m11/s1. The molecule has 504 valence electrons. The van der Waals surface area contributed by atoms with Gasteiger partial charge in [-0.15, -0.1) is 6.58 Å². The third-order valence-corrected chi connectivity index (χ3v) is 20.1. The summed E-state index contributed by atoms with van der Waals surface area (Å²) < 4.78 is 51.7. The number of alkyl carbamates (subject to hydrolysis) is 2. The molecule has 2 saturated heterocycles. The molecule has 2 saturated carbocycles. The number of amides is 6. The molecule has 0 radical (unpaired) electrons. The molecule has 12 rings (SSSR count). The molecule has 0 unspecified atom stereocenters. The summed E-state index contributed by atoms with van der Waals surface area (Å²) in [7, 11) is -3.90. The lowest BCUT2D eigenvalue weighted by Gasteiger charge is -2.29. The number of rotatable bonds is 15. The number of nitrogens with one attached hydrogen (secondary N) is 4. The summed E-state index contributed by atoms with van der Waals surface area (Å²) in [6.07, 6.45) is 14.3. The van der Waals surface area contributed by atoms with E-state index in [1.54, 1.807) is 0 Å². The highest BCUT2D eigenvalue weighted by Crippen LogP contribution is 2.46. The van der Waals surface area contributed by atoms with Crippen molar-refractivity contribution in [2.45, 2.75) is 157 Å². The summed E-state index contributed by atoms with van der Waals surface area (Å²) in [5.41, 5.74) is 5.04. The number of carboxylic acid groups (broad SMARTS) is 1. The zero-order valence-electron chi connectivity index (χ0n) is 54.0. The van der Waals surface area contributed by atoms with Crippen LogP contribution in [0.4, 0.5) is 9.59 Å². The van der Waals surface area contributed by atoms with E-state index in [0.29, 0.717) is 86.9 Å². The summed E-state index contributed by atoms with van der Waals surface area (Å²) in [4.78, 5) is 106. The van der Waals surface area contributed by atoms with Crippen LogP contribution in [-0.4, -0.2) is 149 Å². The Kier molecular flexibility index (Phi) is 21.5. The van der Waals surface area contributed by atoms with Gasteiger partial charge in [0, 0.05) is 52.8 Å². The van der Waals surface area contributed by atoms with E-state index in [0.717, 1.165) is 57.1 Å². The largest absolute Gasteiger partial charge is 0.488 e. The van der Waals surface area contributed by atoms with Gasteiger partial charge in [-0.2, -0.15) is 0 Å². The van der Waals surface area contributed by atoms with Crippen molar-refractivity contribution >= 4 is 85.8 Å². The minimum atomic E-state index is -3.90. The predicted molar refractivity (Wildman–Crippen MR) is 362 cm³/mol. The quantitative estimate of drug-likeness (QED) is 0.0597. The van der Waals surface area contributed by atoms with E-state index in [-0.39, 0.29) is 45.6 Å². The van der Waals surface area contributed by atoms with Crippen molar-refractivity contribution < 1.29 is 66.0 Å². The highest BCUT2D eigenvalue weighted by Gasteiger charge is 2.62. The number of allylic oxidation sites excluding steroid dienone is 2. The molecule has 0 spiro atoms. The third-order valence-electron chi connectivity index (χ3n) is 18.2. The molecule has 4 aliphatic heterocycles. The number of aliphatic carboxylic acids is 1. The van der Waals surface area contributed by atoms with E-state index in [4.69, 9.17) is 28.9 Å². The van der Waals surface area contributed by atoms with Crippen LogP contribution in [-0.2, 0) is 43.5 Å². The van der Waals surface area contributed by atoms with E-state index in [1.807, 2.05) is 147 Å². The Labute approximate surface area is 558 Å². The van der Waals surface area contributed by atoms with Crippen molar-refractivity contribution in [2.24, 2.45) is 5.92 Å². The van der Waals surface area contributed by atoms with Crippen LogP contribution < -0.4 is 30.1 Å². The number of pyridine rings is 2. The molecule has 96 heavy (non-hydrogen) atoms. The molecule has 2 aromatic heterocycles. The molecule has 6 heterocycles. The third kappa shape index (κ3) is 16.2. The van der Waals surface area contributed by atoms with Gasteiger partial charge in [0.15, 0.2) is 0 Å². The molecule has 8 atom stereocenters. The number of sulfonamides is 1. The van der Waals surface area contributed by atoms with Gasteiger partial charge in [-0.3, -0.25) is 23.9 Å². The molecule has 6 aliphatic rings. The summed E-state index contributed by atoms with van der Waals surface area (Å²) in [5, 5.41) is 19.2. The van der Waals surface area contributed by atoms with Gasteiger partial charge in [0.2, 0.25) is 27.7 Å². The van der Waals surface area contributed by atoms with Gasteiger partial charge in [0.05, 0.1) is 54.0 Å². The molecule has 6 amide bonds. The summed E-state index contributed by atoms with van der Waals surface area (Å²) in [6.45, 7) is 8.19. The lowest BCUT2D eigenvalue weighted by Crippen LogP contribution is -2.58. The Morgan fingerprint density at radius 1 is 0.677 bits per heavy atom. The number of ether oxygens (including phenoxy) is 4. The highest BCUT2D eigenvalue weighted by molar-refractivity contribution is 7.91. The fraction of sp³-hybridized carbons (Fsp3) is 0.411. The average Bonchev–Trinajstić information content (AvgIpc) is 1.56. The van der Waals surface area contributed by atoms with Crippen molar-refractivity contribution in [3.05, 3.63) is 145 Å². The zero-order valence-corrected chi connectivity index (χ0v) is 54.8. The van der Waals surface area contributed by atoms with Crippen LogP contribution in [0.15, 0.2) is 134 Å². The molecular weight excluding hydrogens is 1240 g/mol. The Balaban J connectivity index is 0.000000204. The van der Waals surface area contributed by atoms with Crippen molar-refractivity contribution in [3.8, 4) is 34.0 Å². The molecule has 23 heteroatoms. The molecule has 4 fully saturated rings. The second kappa shape index (κ2) is 30.4. The number of carboxylic acids is 1. The molecule has 4 aromatic carbocycles. The van der Waals surface area contributed by atoms with Crippen molar-refractivity contribution in [1.82, 2.24) is 40.4 Å². The number of unbranched alkanes of at least 4 members (excludes halogenated alkanes) is 2. The smallest absolute Gasteiger partial charge is 0.407 e. The van der Waals surface area contributed by atoms with Crippen LogP contribution >= 0.6 is 0 Å². The van der Waals surface area contributed by atoms with E-state index in [2.05, 4.69) is 27.3 Å². The van der Waals surface area contributed by atoms with Crippen LogP contribution in [0, 0.1) is 5.92 Å². The van der Waals surface area contributed by atoms with E-state index in [1.165, 1.54) is 15.9 Å². The lowest BCUT2D eigenvalue weighted by molar-refractivity contribution is -0.149. The Bertz CT molecular complexity index is 4070. The minimum Gasteiger partial charge on any atom is -0.488 e. The minimum absolute atomic E-state index is 0.000491. The second-order valence-corrected chi connectivity index (χ2v) is 27.3. The maximum Gasteiger partial charge on any atom is 0.407 e. The van der Waals surface area contributed by atoms with Gasteiger partial charge in [-0.25, -0.2) is 32.8 Å². The molecule has 6 aromatic rings. The van der Waals surface area contributed by atoms with Crippen LogP contribution in [0.25, 0.3) is 56.5 Å². The number of carbonyl (C=O) groups is 7. The monoisotopic (exact) mass is 1330 g/mol. The van der Waals surface area contributed by atoms with E-state index < -0.39 is 105 Å². The van der Waals surface area contributed by atoms with Crippen LogP contribution in [0.1, 0.15) is 121 Å². The van der Waals surface area contributed by atoms with Crippen LogP contribution in [0.3, 0.4) is 0 Å². The van der Waals surface area contributed by atoms with Gasteiger partial charge < -0.3 is 49.8 Å². The highest BCUT2D eigenvalue weighted by atomic mass is 32.2. The van der Waals surface area contributed by atoms with Crippen molar-refractivity contribution in [3.63, 3.8) is 0 Å². The lowest BCUT2D eigenvalue weighted by atomic mass is 10.1. The van der Waals surface area contributed by atoms with Crippen molar-refractivity contribution in [2.75, 3.05) is 26.3 Å². The summed E-state index contributed by atoms with van der Waals surface area (Å²) >= 11 is 0. The van der Waals surface area contributed by atoms with Crippen molar-refractivity contribution in [1.29, 1.82) is 0 Å². The number of cyclic esters (lactones) is 2. The summed E-state index contributed by atoms with van der Waals surface area (Å²) in [6, 6.07) is 31.0. The first kappa shape index (κ1) is 67.8. The first-order chi connectivity index (χ1) is 46.4. The van der Waals surface area contributed by atoms with Gasteiger partial charge in [0.25, 0.3) is 5.91 Å². The number of nitrogens with zero attached hydrogens (tertiary/aromatic N) is 4. The van der Waals surface area contributed by atoms with Gasteiger partial charge >= 0.3 is 18.2 Å². The first-order valence-corrected chi connectivity index (χ1v) is 34.9. The fourth-order valence-electron chi connectivity index (χ4n) is 12.7. The molecular formula is C73H82N8O14S. The van der Waals surface area contributed by atoms with Gasteiger partial charge in [-0.05, 0) is 93.2 Å². The number of aromatic nitrogens is 2. The van der Waals surface area contributed by atoms with Gasteiger partial charge in [-0.1, -0.05) is 143 Å². The van der Waals surface area contributed by atoms with Gasteiger partial charge in [0.1, 0.15) is 53.4 Å². The van der Waals surface area contributed by atoms with E-state index in [9.17, 15) is 47.1 Å². The molecule has 22 nitrogen and oxygen atoms in total. The molecule has 8 bridgehead atoms. The molecule has 5 N–H and O–H groups in total. The number of hydrogen-bond donors (Lipinski definition) is 5. The number of benzene rings is 4. The maximum atomic E-state index is 14.5. The number of fused-ring (bicyclic) bond motifs is 6. The normalized spacial score (nSPS) is 24.5. The Morgan fingerprint density at radius 2 is 1.16 bits per heavy atom. The van der Waals surface area contributed by atoms with Crippen LogP contribution in [0.5, 0.6) is 11.5 Å². The SMILES string of the molecule is C=C[C@@H]1C[C@]1(NC(=O)[C@@H]1C[C@@H]2CN1C(=O)[C@H](CCCC)NC(=O)OCCC/C=C/c1ccc3nc(-c4ccccc4)cc(c3c1)O2)C(=O)NS(=O)(=O)C1CC1.CCCC[C@@H]1NC(=O)OCCC/C=C/c2ccc3nc(-c4ccccc4)cc(c3c2)O[C@@H]2C[C@@H](C(=O)O)N(C2)C1=O. The first-order valence-electron chi connectivity index (χ1n) is 33.3. The number of carbonyl (C=O) groups excluding carboxylic acids is 6. The summed E-state index contributed by atoms with van der Waals surface area (Å²) in [5.74, 6) is -2.90. The Morgan fingerprint density at radius 3 is 1.60 bits per heavy atom. The fourth-order valence-corrected chi connectivity index (χ4v) is 14.1.